The van der Waals surface area contributed by atoms with Crippen LogP contribution in [0, 0.1) is 13.8 Å². The molecular weight excluding hydrogens is 448 g/mol. The molecule has 7 nitrogen and oxygen atoms in total. The third-order valence-corrected chi connectivity index (χ3v) is 6.94. The Morgan fingerprint density at radius 2 is 1.85 bits per heavy atom. The quantitative estimate of drug-likeness (QED) is 0.378. The van der Waals surface area contributed by atoms with Crippen LogP contribution in [0.15, 0.2) is 70.2 Å². The number of ether oxygens (including phenoxy) is 1. The zero-order chi connectivity index (χ0) is 23.8. The summed E-state index contributed by atoms with van der Waals surface area (Å²) in [6, 6.07) is 16.8. The van der Waals surface area contributed by atoms with Gasteiger partial charge in [0.05, 0.1) is 29.3 Å². The number of carbonyl (C=O) groups excluding carboxylic acids is 1. The van der Waals surface area contributed by atoms with Gasteiger partial charge in [-0.3, -0.25) is 4.90 Å². The van der Waals surface area contributed by atoms with Crippen LogP contribution in [0.5, 0.6) is 5.75 Å². The molecule has 1 unspecified atom stereocenters. The molecule has 0 saturated heterocycles. The Morgan fingerprint density at radius 1 is 1.06 bits per heavy atom. The van der Waals surface area contributed by atoms with E-state index in [1.807, 2.05) is 54.8 Å². The van der Waals surface area contributed by atoms with Gasteiger partial charge in [0.2, 0.25) is 5.82 Å². The van der Waals surface area contributed by atoms with Gasteiger partial charge in [0, 0.05) is 5.70 Å². The second-order valence-electron chi connectivity index (χ2n) is 8.16. The Balaban J connectivity index is 1.65. The van der Waals surface area contributed by atoms with Crippen LogP contribution in [0.2, 0.25) is 0 Å². The Kier molecular flexibility index (Phi) is 5.67. The van der Waals surface area contributed by atoms with Gasteiger partial charge < -0.3 is 14.6 Å². The van der Waals surface area contributed by atoms with Crippen molar-refractivity contribution >= 4 is 28.6 Å². The van der Waals surface area contributed by atoms with Gasteiger partial charge in [0.15, 0.2) is 0 Å². The number of hydrogen-bond donors (Lipinski definition) is 1. The molecule has 172 valence electrons. The summed E-state index contributed by atoms with van der Waals surface area (Å²) in [6.07, 6.45) is 0. The van der Waals surface area contributed by atoms with Gasteiger partial charge in [-0.25, -0.2) is 4.79 Å². The molecule has 2 amide bonds. The summed E-state index contributed by atoms with van der Waals surface area (Å²) < 4.78 is 11.0. The fraction of sp³-hybridized carbons (Fsp3) is 0.192. The lowest BCUT2D eigenvalue weighted by Crippen LogP contribution is -2.46. The molecule has 3 heterocycles. The van der Waals surface area contributed by atoms with Crippen molar-refractivity contribution in [2.24, 2.45) is 0 Å². The number of thiophene rings is 1. The monoisotopic (exact) mass is 472 g/mol. The van der Waals surface area contributed by atoms with E-state index < -0.39 is 6.04 Å². The second kappa shape index (κ2) is 8.79. The maximum atomic E-state index is 13.3. The number of aryl methyl sites for hydroxylation is 2. The summed E-state index contributed by atoms with van der Waals surface area (Å²) in [5, 5.41) is 9.33. The Hall–Kier alpha value is -3.91. The predicted molar refractivity (Wildman–Crippen MR) is 133 cm³/mol. The fourth-order valence-corrected chi connectivity index (χ4v) is 4.74. The third kappa shape index (κ3) is 3.86. The van der Waals surface area contributed by atoms with Crippen LogP contribution in [0.1, 0.15) is 35.5 Å². The van der Waals surface area contributed by atoms with Gasteiger partial charge in [-0.2, -0.15) is 4.98 Å². The van der Waals surface area contributed by atoms with Gasteiger partial charge >= 0.3 is 6.03 Å². The largest absolute Gasteiger partial charge is 0.497 e. The highest BCUT2D eigenvalue weighted by Gasteiger charge is 2.36. The first-order valence-electron chi connectivity index (χ1n) is 10.9. The number of rotatable bonds is 5. The van der Waals surface area contributed by atoms with Crippen molar-refractivity contribution in [1.29, 1.82) is 0 Å². The Bertz CT molecular complexity index is 1370. The van der Waals surface area contributed by atoms with Crippen molar-refractivity contribution in [3.63, 3.8) is 0 Å². The summed E-state index contributed by atoms with van der Waals surface area (Å²) in [5.41, 5.74) is 5.48. The van der Waals surface area contributed by atoms with Gasteiger partial charge in [-0.05, 0) is 73.2 Å². The summed E-state index contributed by atoms with van der Waals surface area (Å²) in [7, 11) is 1.61. The minimum atomic E-state index is -0.432. The summed E-state index contributed by atoms with van der Waals surface area (Å²) in [6.45, 7) is 6.03. The summed E-state index contributed by atoms with van der Waals surface area (Å²) in [4.78, 5) is 20.6. The highest BCUT2D eigenvalue weighted by atomic mass is 32.1. The SMILES string of the molecule is COc1ccc(N2C(=O)NC(c3ccc(C)c(C)c3)C(c3nc(-c4cccs4)no3)=C2C)cc1. The number of urea groups is 1. The van der Waals surface area contributed by atoms with E-state index in [1.54, 1.807) is 23.3 Å². The predicted octanol–water partition coefficient (Wildman–Crippen LogP) is 6.13. The van der Waals surface area contributed by atoms with Crippen molar-refractivity contribution in [2.75, 3.05) is 12.0 Å². The van der Waals surface area contributed by atoms with Crippen LogP contribution in [-0.2, 0) is 0 Å². The molecule has 0 spiro atoms. The van der Waals surface area contributed by atoms with Gasteiger partial charge in [-0.1, -0.05) is 29.4 Å². The van der Waals surface area contributed by atoms with Crippen molar-refractivity contribution in [2.45, 2.75) is 26.8 Å². The standard InChI is InChI=1S/C26H24N4O3S/c1-15-7-8-18(14-16(15)2)23-22(25-28-24(29-33-25)21-6-5-13-34-21)17(3)30(26(31)27-23)19-9-11-20(32-4)12-10-19/h5-14,23H,1-4H3,(H,27,31). The minimum Gasteiger partial charge on any atom is -0.497 e. The van der Waals surface area contributed by atoms with Crippen LogP contribution < -0.4 is 15.0 Å². The molecule has 0 saturated carbocycles. The molecule has 1 aliphatic heterocycles. The lowest BCUT2D eigenvalue weighted by molar-refractivity contribution is 0.244. The molecule has 0 radical (unpaired) electrons. The number of amides is 2. The molecule has 2 aromatic heterocycles. The summed E-state index contributed by atoms with van der Waals surface area (Å²) in [5.74, 6) is 1.62. The molecule has 8 heteroatoms. The first-order valence-corrected chi connectivity index (χ1v) is 11.7. The number of aromatic nitrogens is 2. The number of benzene rings is 2. The van der Waals surface area contributed by atoms with E-state index in [-0.39, 0.29) is 6.03 Å². The second-order valence-corrected chi connectivity index (χ2v) is 9.11. The zero-order valence-corrected chi connectivity index (χ0v) is 20.1. The smallest absolute Gasteiger partial charge is 0.326 e. The number of carbonyl (C=O) groups is 1. The van der Waals surface area contributed by atoms with Crippen molar-refractivity contribution in [3.05, 3.63) is 88.3 Å². The highest BCUT2D eigenvalue weighted by Crippen LogP contribution is 2.40. The minimum absolute atomic E-state index is 0.229. The van der Waals surface area contributed by atoms with E-state index in [0.29, 0.717) is 23.2 Å². The molecule has 1 aliphatic rings. The number of nitrogens with zero attached hydrogens (tertiary/aromatic N) is 3. The average Bonchev–Trinajstić information content (AvgIpc) is 3.53. The average molecular weight is 473 g/mol. The van der Waals surface area contributed by atoms with Gasteiger partial charge in [0.25, 0.3) is 5.89 Å². The van der Waals surface area contributed by atoms with E-state index in [0.717, 1.165) is 27.3 Å². The lowest BCUT2D eigenvalue weighted by Gasteiger charge is -2.35. The first kappa shape index (κ1) is 21.9. The molecule has 2 aromatic carbocycles. The topological polar surface area (TPSA) is 80.5 Å². The van der Waals surface area contributed by atoms with Crippen LogP contribution in [0.25, 0.3) is 16.3 Å². The third-order valence-electron chi connectivity index (χ3n) is 6.08. The van der Waals surface area contributed by atoms with E-state index in [2.05, 4.69) is 36.5 Å². The van der Waals surface area contributed by atoms with E-state index in [9.17, 15) is 4.79 Å². The number of anilines is 1. The van der Waals surface area contributed by atoms with Crippen molar-refractivity contribution in [1.82, 2.24) is 15.5 Å². The first-order chi connectivity index (χ1) is 16.5. The molecule has 1 N–H and O–H groups in total. The van der Waals surface area contributed by atoms with Crippen LogP contribution >= 0.6 is 11.3 Å². The molecule has 5 rings (SSSR count). The van der Waals surface area contributed by atoms with E-state index >= 15 is 0 Å². The molecule has 34 heavy (non-hydrogen) atoms. The summed E-state index contributed by atoms with van der Waals surface area (Å²) >= 11 is 1.55. The van der Waals surface area contributed by atoms with Crippen LogP contribution in [-0.4, -0.2) is 23.3 Å². The molecule has 0 aliphatic carbocycles. The van der Waals surface area contributed by atoms with E-state index in [4.69, 9.17) is 14.2 Å². The normalized spacial score (nSPS) is 16.1. The van der Waals surface area contributed by atoms with Crippen molar-refractivity contribution < 1.29 is 14.1 Å². The van der Waals surface area contributed by atoms with Gasteiger partial charge in [0.1, 0.15) is 5.75 Å². The maximum absolute atomic E-state index is 13.3. The molecule has 4 aromatic rings. The lowest BCUT2D eigenvalue weighted by atomic mass is 9.92. The van der Waals surface area contributed by atoms with Gasteiger partial charge in [-0.15, -0.1) is 11.3 Å². The maximum Gasteiger partial charge on any atom is 0.326 e. The molecule has 0 fully saturated rings. The van der Waals surface area contributed by atoms with Crippen LogP contribution in [0.3, 0.4) is 0 Å². The number of allylic oxidation sites excluding steroid dienone is 1. The Morgan fingerprint density at radius 3 is 2.53 bits per heavy atom. The number of hydrogen-bond acceptors (Lipinski definition) is 6. The molecule has 1 atom stereocenters. The van der Waals surface area contributed by atoms with E-state index in [1.165, 1.54) is 5.56 Å². The number of nitrogens with one attached hydrogen (secondary N) is 1. The van der Waals surface area contributed by atoms with Crippen LogP contribution in [0.4, 0.5) is 10.5 Å². The molecule has 0 bridgehead atoms. The van der Waals surface area contributed by atoms with Crippen molar-refractivity contribution in [3.8, 4) is 16.5 Å². The molecular formula is C26H24N4O3S. The Labute approximate surface area is 201 Å². The zero-order valence-electron chi connectivity index (χ0n) is 19.3. The number of methoxy groups -OCH3 is 1. The fourth-order valence-electron chi connectivity index (χ4n) is 4.10. The highest BCUT2D eigenvalue weighted by molar-refractivity contribution is 7.13.